The van der Waals surface area contributed by atoms with E-state index in [-0.39, 0.29) is 5.92 Å². The molecule has 1 heterocycles. The Balaban J connectivity index is 2.78. The number of rotatable bonds is 7. The summed E-state index contributed by atoms with van der Waals surface area (Å²) in [5.41, 5.74) is 3.47. The van der Waals surface area contributed by atoms with Gasteiger partial charge in [0.25, 0.3) is 0 Å². The van der Waals surface area contributed by atoms with E-state index in [9.17, 15) is 0 Å². The monoisotopic (exact) mass is 266 g/mol. The lowest BCUT2D eigenvalue weighted by Gasteiger charge is -2.14. The Morgan fingerprint density at radius 2 is 1.89 bits per heavy atom. The van der Waals surface area contributed by atoms with Crippen molar-refractivity contribution in [1.29, 1.82) is 0 Å². The summed E-state index contributed by atoms with van der Waals surface area (Å²) in [6.45, 7) is 11.1. The fourth-order valence-electron chi connectivity index (χ4n) is 1.71. The number of hydrazine groups is 1. The van der Waals surface area contributed by atoms with Crippen LogP contribution in [0.25, 0.3) is 0 Å². The molecular weight excluding hydrogens is 240 g/mol. The van der Waals surface area contributed by atoms with Crippen molar-refractivity contribution in [3.05, 3.63) is 11.4 Å². The molecule has 3 N–H and O–H groups in total. The highest BCUT2D eigenvalue weighted by Crippen LogP contribution is 2.24. The van der Waals surface area contributed by atoms with Crippen LogP contribution in [-0.4, -0.2) is 16.6 Å². The molecule has 0 saturated heterocycles. The third-order valence-corrected chi connectivity index (χ3v) is 2.94. The predicted octanol–water partition coefficient (Wildman–Crippen LogP) is 3.01. The molecule has 5 heteroatoms. The van der Waals surface area contributed by atoms with E-state index in [0.717, 1.165) is 24.2 Å². The Morgan fingerprint density at radius 1 is 1.21 bits per heavy atom. The van der Waals surface area contributed by atoms with Gasteiger partial charge in [0.05, 0.1) is 12.2 Å². The minimum atomic E-state index is 0.241. The van der Waals surface area contributed by atoms with Gasteiger partial charge in [-0.1, -0.05) is 27.7 Å². The van der Waals surface area contributed by atoms with Crippen molar-refractivity contribution in [3.8, 4) is 5.88 Å². The van der Waals surface area contributed by atoms with Crippen LogP contribution in [0, 0.1) is 12.8 Å². The first-order valence-corrected chi connectivity index (χ1v) is 6.93. The van der Waals surface area contributed by atoms with Gasteiger partial charge >= 0.3 is 0 Å². The lowest BCUT2D eigenvalue weighted by atomic mass is 10.1. The van der Waals surface area contributed by atoms with Crippen molar-refractivity contribution in [2.24, 2.45) is 11.8 Å². The van der Waals surface area contributed by atoms with E-state index in [1.54, 1.807) is 0 Å². The number of nitrogens with two attached hydrogens (primary N) is 1. The molecule has 108 valence electrons. The van der Waals surface area contributed by atoms with Gasteiger partial charge in [0.1, 0.15) is 11.6 Å². The Bertz CT molecular complexity index is 405. The Kier molecular flexibility index (Phi) is 6.02. The summed E-state index contributed by atoms with van der Waals surface area (Å²) in [6.07, 6.45) is 2.19. The van der Waals surface area contributed by atoms with Gasteiger partial charge in [-0.15, -0.1) is 0 Å². The van der Waals surface area contributed by atoms with Crippen LogP contribution in [0.1, 0.15) is 57.8 Å². The molecular formula is C14H26N4O. The minimum absolute atomic E-state index is 0.241. The first-order valence-electron chi connectivity index (χ1n) is 6.93. The Morgan fingerprint density at radius 3 is 2.42 bits per heavy atom. The second-order valence-corrected chi connectivity index (χ2v) is 5.54. The summed E-state index contributed by atoms with van der Waals surface area (Å²) in [5.74, 6) is 8.44. The lowest BCUT2D eigenvalue weighted by molar-refractivity contribution is 0.283. The number of hydrogen-bond donors (Lipinski definition) is 2. The zero-order valence-corrected chi connectivity index (χ0v) is 12.7. The van der Waals surface area contributed by atoms with E-state index < -0.39 is 0 Å². The quantitative estimate of drug-likeness (QED) is 0.451. The number of nitrogens with one attached hydrogen (secondary N) is 1. The first kappa shape index (κ1) is 15.7. The summed E-state index contributed by atoms with van der Waals surface area (Å²) in [5, 5.41) is 0. The van der Waals surface area contributed by atoms with Crippen LogP contribution in [-0.2, 0) is 0 Å². The van der Waals surface area contributed by atoms with E-state index in [0.29, 0.717) is 24.2 Å². The van der Waals surface area contributed by atoms with Gasteiger partial charge in [-0.2, -0.15) is 4.98 Å². The maximum Gasteiger partial charge on any atom is 0.221 e. The van der Waals surface area contributed by atoms with E-state index in [1.165, 1.54) is 0 Å². The number of hydrogen-bond acceptors (Lipinski definition) is 5. The van der Waals surface area contributed by atoms with Gasteiger partial charge < -0.3 is 10.2 Å². The summed E-state index contributed by atoms with van der Waals surface area (Å²) in [6, 6.07) is 0. The van der Waals surface area contributed by atoms with E-state index in [1.807, 2.05) is 20.8 Å². The largest absolute Gasteiger partial charge is 0.477 e. The Labute approximate surface area is 115 Å². The van der Waals surface area contributed by atoms with Crippen LogP contribution in [0.3, 0.4) is 0 Å². The number of nitrogens with zero attached hydrogens (tertiary/aromatic N) is 2. The van der Waals surface area contributed by atoms with Gasteiger partial charge in [-0.25, -0.2) is 10.8 Å². The molecule has 1 aromatic heterocycles. The van der Waals surface area contributed by atoms with Crippen molar-refractivity contribution < 1.29 is 4.74 Å². The summed E-state index contributed by atoms with van der Waals surface area (Å²) >= 11 is 0. The molecule has 0 atom stereocenters. The van der Waals surface area contributed by atoms with E-state index >= 15 is 0 Å². The van der Waals surface area contributed by atoms with Crippen LogP contribution >= 0.6 is 0 Å². The molecule has 5 nitrogen and oxygen atoms in total. The summed E-state index contributed by atoms with van der Waals surface area (Å²) < 4.78 is 5.77. The molecule has 0 aliphatic carbocycles. The number of anilines is 1. The highest BCUT2D eigenvalue weighted by atomic mass is 16.5. The SMILES string of the molecule is Cc1c(NN)nc(C(C)C)nc1OCCCC(C)C. The maximum absolute atomic E-state index is 5.77. The fraction of sp³-hybridized carbons (Fsp3) is 0.714. The number of aromatic nitrogens is 2. The van der Waals surface area contributed by atoms with Crippen LogP contribution in [0.4, 0.5) is 5.82 Å². The molecule has 0 spiro atoms. The fourth-order valence-corrected chi connectivity index (χ4v) is 1.71. The van der Waals surface area contributed by atoms with Gasteiger partial charge in [0, 0.05) is 5.92 Å². The zero-order chi connectivity index (χ0) is 14.4. The summed E-state index contributed by atoms with van der Waals surface area (Å²) in [4.78, 5) is 8.85. The van der Waals surface area contributed by atoms with Crippen LogP contribution in [0.2, 0.25) is 0 Å². The molecule has 0 bridgehead atoms. The highest BCUT2D eigenvalue weighted by molar-refractivity contribution is 5.47. The smallest absolute Gasteiger partial charge is 0.221 e. The van der Waals surface area contributed by atoms with Crippen LogP contribution in [0.15, 0.2) is 0 Å². The predicted molar refractivity (Wildman–Crippen MR) is 78.2 cm³/mol. The molecule has 19 heavy (non-hydrogen) atoms. The van der Waals surface area contributed by atoms with Gasteiger partial charge in [0.15, 0.2) is 0 Å². The van der Waals surface area contributed by atoms with Gasteiger partial charge in [-0.05, 0) is 25.7 Å². The highest BCUT2D eigenvalue weighted by Gasteiger charge is 2.13. The molecule has 0 saturated carbocycles. The van der Waals surface area contributed by atoms with Crippen LogP contribution in [0.5, 0.6) is 5.88 Å². The standard InChI is InChI=1S/C14H26N4O/c1-9(2)7-6-8-19-14-11(5)13(18-15)16-12(17-14)10(3)4/h9-10H,6-8,15H2,1-5H3,(H,16,17,18). The number of nitrogen functional groups attached to an aromatic ring is 1. The van der Waals surface area contributed by atoms with Crippen LogP contribution < -0.4 is 16.0 Å². The second kappa shape index (κ2) is 7.28. The minimum Gasteiger partial charge on any atom is -0.477 e. The second-order valence-electron chi connectivity index (χ2n) is 5.54. The molecule has 0 unspecified atom stereocenters. The average molecular weight is 266 g/mol. The Hall–Kier alpha value is -1.36. The zero-order valence-electron chi connectivity index (χ0n) is 12.7. The number of ether oxygens (including phenoxy) is 1. The van der Waals surface area contributed by atoms with Crippen molar-refractivity contribution in [1.82, 2.24) is 9.97 Å². The van der Waals surface area contributed by atoms with E-state index in [4.69, 9.17) is 10.6 Å². The van der Waals surface area contributed by atoms with Crippen molar-refractivity contribution in [2.45, 2.75) is 53.4 Å². The molecule has 0 aliphatic rings. The van der Waals surface area contributed by atoms with Crippen molar-refractivity contribution in [2.75, 3.05) is 12.0 Å². The molecule has 0 amide bonds. The van der Waals surface area contributed by atoms with Crippen molar-refractivity contribution in [3.63, 3.8) is 0 Å². The lowest BCUT2D eigenvalue weighted by Crippen LogP contribution is -2.14. The molecule has 1 rings (SSSR count). The molecule has 0 fully saturated rings. The third-order valence-electron chi connectivity index (χ3n) is 2.94. The van der Waals surface area contributed by atoms with Gasteiger partial charge in [0.2, 0.25) is 5.88 Å². The third kappa shape index (κ3) is 4.67. The normalized spacial score (nSPS) is 11.2. The van der Waals surface area contributed by atoms with Crippen molar-refractivity contribution >= 4 is 5.82 Å². The molecule has 0 aromatic carbocycles. The topological polar surface area (TPSA) is 73.1 Å². The maximum atomic E-state index is 5.77. The molecule has 1 aromatic rings. The average Bonchev–Trinajstić information content (AvgIpc) is 2.35. The first-order chi connectivity index (χ1) is 8.95. The summed E-state index contributed by atoms with van der Waals surface area (Å²) in [7, 11) is 0. The molecule has 0 radical (unpaired) electrons. The van der Waals surface area contributed by atoms with Gasteiger partial charge in [-0.3, -0.25) is 0 Å². The molecule has 0 aliphatic heterocycles. The van der Waals surface area contributed by atoms with E-state index in [2.05, 4.69) is 29.2 Å².